The van der Waals surface area contributed by atoms with Crippen LogP contribution in [0.5, 0.6) is 0 Å². The lowest BCUT2D eigenvalue weighted by molar-refractivity contribution is 0.0119. The number of nitrogens with zero attached hydrogens (tertiary/aromatic N) is 1. The molecule has 39 heavy (non-hydrogen) atoms. The van der Waals surface area contributed by atoms with Gasteiger partial charge in [0.25, 0.3) is 0 Å². The molecule has 0 spiro atoms. The zero-order valence-corrected chi connectivity index (χ0v) is 22.4. The first-order valence-corrected chi connectivity index (χ1v) is 13.0. The van der Waals surface area contributed by atoms with Gasteiger partial charge in [-0.3, -0.25) is 0 Å². The molecule has 1 aliphatic heterocycles. The van der Waals surface area contributed by atoms with Gasteiger partial charge in [-0.2, -0.15) is 0 Å². The van der Waals surface area contributed by atoms with E-state index in [9.17, 15) is 18.4 Å². The second-order valence-corrected chi connectivity index (χ2v) is 10.8. The van der Waals surface area contributed by atoms with Crippen LogP contribution in [0.15, 0.2) is 78.9 Å². The highest BCUT2D eigenvalue weighted by atomic mass is 19.1. The number of halogens is 2. The molecule has 0 unspecified atom stereocenters. The monoisotopic (exact) mass is 536 g/mol. The second kappa shape index (κ2) is 12.3. The van der Waals surface area contributed by atoms with Crippen LogP contribution in [0.4, 0.5) is 18.4 Å². The molecular formula is C31H34F2N2O4. The van der Waals surface area contributed by atoms with E-state index in [0.29, 0.717) is 13.0 Å². The lowest BCUT2D eigenvalue weighted by Crippen LogP contribution is -2.55. The molecule has 0 saturated carbocycles. The summed E-state index contributed by atoms with van der Waals surface area (Å²) in [5.74, 6) is -1.48. The Labute approximate surface area is 227 Å². The zero-order chi connectivity index (χ0) is 28.0. The van der Waals surface area contributed by atoms with E-state index in [2.05, 4.69) is 5.32 Å². The molecule has 1 aliphatic rings. The number of hydrogen-bond donors (Lipinski definition) is 1. The average molecular weight is 537 g/mol. The van der Waals surface area contributed by atoms with Crippen molar-refractivity contribution in [2.24, 2.45) is 5.92 Å². The molecule has 0 aliphatic carbocycles. The third kappa shape index (κ3) is 7.78. The summed E-state index contributed by atoms with van der Waals surface area (Å²) < 4.78 is 38.8. The van der Waals surface area contributed by atoms with Crippen LogP contribution < -0.4 is 5.32 Å². The van der Waals surface area contributed by atoms with Crippen LogP contribution in [0.2, 0.25) is 0 Å². The van der Waals surface area contributed by atoms with E-state index < -0.39 is 17.8 Å². The highest BCUT2D eigenvalue weighted by Crippen LogP contribution is 2.38. The molecule has 8 heteroatoms. The lowest BCUT2D eigenvalue weighted by Gasteiger charge is -2.43. The van der Waals surface area contributed by atoms with Crippen molar-refractivity contribution in [2.45, 2.75) is 51.4 Å². The van der Waals surface area contributed by atoms with Gasteiger partial charge in [-0.05, 0) is 68.1 Å². The third-order valence-electron chi connectivity index (χ3n) is 6.71. The molecular weight excluding hydrogens is 502 g/mol. The Kier molecular flexibility index (Phi) is 8.84. The van der Waals surface area contributed by atoms with E-state index in [4.69, 9.17) is 9.47 Å². The molecule has 0 aromatic heterocycles. The molecule has 0 bridgehead atoms. The number of hydrogen-bond acceptors (Lipinski definition) is 4. The van der Waals surface area contributed by atoms with Gasteiger partial charge in [0.2, 0.25) is 0 Å². The molecule has 0 radical (unpaired) electrons. The number of carbonyl (C=O) groups excluding carboxylic acids is 2. The smallest absolute Gasteiger partial charge is 0.410 e. The first-order valence-electron chi connectivity index (χ1n) is 13.0. The Morgan fingerprint density at radius 1 is 0.923 bits per heavy atom. The number of carbonyl (C=O) groups is 2. The van der Waals surface area contributed by atoms with Gasteiger partial charge in [0.15, 0.2) is 0 Å². The Hall–Kier alpha value is -3.94. The third-order valence-corrected chi connectivity index (χ3v) is 6.71. The minimum absolute atomic E-state index is 0.118. The van der Waals surface area contributed by atoms with Gasteiger partial charge in [0.1, 0.15) is 23.8 Å². The van der Waals surface area contributed by atoms with E-state index >= 15 is 0 Å². The highest BCUT2D eigenvalue weighted by molar-refractivity contribution is 5.69. The Balaban J connectivity index is 1.63. The van der Waals surface area contributed by atoms with Crippen molar-refractivity contribution >= 4 is 12.2 Å². The Bertz CT molecular complexity index is 1200. The number of piperidine rings is 1. The summed E-state index contributed by atoms with van der Waals surface area (Å²) in [6, 6.07) is 21.2. The average Bonchev–Trinajstić information content (AvgIpc) is 2.90. The molecule has 1 saturated heterocycles. The normalized spacial score (nSPS) is 17.5. The number of amides is 2. The molecule has 4 rings (SSSR count). The standard InChI is InChI=1S/C31H34F2N2O4/c1-31(2,3)39-30(37)35-18-17-27(34-29(36)38-20-21-7-5-4-6-8-21)26(19-35)28(22-9-13-24(32)14-10-22)23-11-15-25(33)16-12-23/h4-16,26-28H,17-20H2,1-3H3,(H,34,36)/t26-,27+/m1/s1. The lowest BCUT2D eigenvalue weighted by atomic mass is 9.74. The largest absolute Gasteiger partial charge is 0.445 e. The van der Waals surface area contributed by atoms with E-state index in [1.165, 1.54) is 24.3 Å². The quantitative estimate of drug-likeness (QED) is 0.383. The molecule has 3 aromatic rings. The molecule has 1 fully saturated rings. The minimum atomic E-state index is -0.670. The summed E-state index contributed by atoms with van der Waals surface area (Å²) in [7, 11) is 0. The first kappa shape index (κ1) is 28.1. The summed E-state index contributed by atoms with van der Waals surface area (Å²) in [5.41, 5.74) is 1.75. The number of alkyl carbamates (subject to hydrolysis) is 1. The van der Waals surface area contributed by atoms with Gasteiger partial charge in [0.05, 0.1) is 0 Å². The molecule has 1 N–H and O–H groups in total. The predicted molar refractivity (Wildman–Crippen MR) is 144 cm³/mol. The van der Waals surface area contributed by atoms with Gasteiger partial charge >= 0.3 is 12.2 Å². The van der Waals surface area contributed by atoms with Crippen LogP contribution in [0, 0.1) is 17.6 Å². The van der Waals surface area contributed by atoms with Crippen molar-refractivity contribution in [1.29, 1.82) is 0 Å². The maximum Gasteiger partial charge on any atom is 0.410 e. The SMILES string of the molecule is CC(C)(C)OC(=O)N1CC[C@H](NC(=O)OCc2ccccc2)[C@H](C(c2ccc(F)cc2)c2ccc(F)cc2)C1. The van der Waals surface area contributed by atoms with Crippen LogP contribution in [-0.2, 0) is 16.1 Å². The Morgan fingerprint density at radius 3 is 2.03 bits per heavy atom. The summed E-state index contributed by atoms with van der Waals surface area (Å²) in [6.07, 6.45) is -0.574. The van der Waals surface area contributed by atoms with Crippen LogP contribution in [-0.4, -0.2) is 41.8 Å². The topological polar surface area (TPSA) is 67.9 Å². The van der Waals surface area contributed by atoms with Gasteiger partial charge in [0, 0.05) is 31.0 Å². The fourth-order valence-corrected chi connectivity index (χ4v) is 4.93. The number of rotatable bonds is 6. The van der Waals surface area contributed by atoms with Gasteiger partial charge in [-0.15, -0.1) is 0 Å². The molecule has 2 amide bonds. The predicted octanol–water partition coefficient (Wildman–Crippen LogP) is 6.65. The molecule has 206 valence electrons. The Morgan fingerprint density at radius 2 is 1.49 bits per heavy atom. The number of benzene rings is 3. The molecule has 1 heterocycles. The highest BCUT2D eigenvalue weighted by Gasteiger charge is 2.40. The van der Waals surface area contributed by atoms with E-state index in [1.54, 1.807) is 49.9 Å². The van der Waals surface area contributed by atoms with Gasteiger partial charge < -0.3 is 19.7 Å². The van der Waals surface area contributed by atoms with Crippen LogP contribution >= 0.6 is 0 Å². The summed E-state index contributed by atoms with van der Waals surface area (Å²) >= 11 is 0. The van der Waals surface area contributed by atoms with Crippen molar-refractivity contribution in [3.63, 3.8) is 0 Å². The zero-order valence-electron chi connectivity index (χ0n) is 22.4. The van der Waals surface area contributed by atoms with Crippen molar-refractivity contribution in [1.82, 2.24) is 10.2 Å². The number of likely N-dealkylation sites (tertiary alicyclic amines) is 1. The fourth-order valence-electron chi connectivity index (χ4n) is 4.93. The first-order chi connectivity index (χ1) is 18.6. The fraction of sp³-hybridized carbons (Fsp3) is 0.355. The number of ether oxygens (including phenoxy) is 2. The molecule has 3 aromatic carbocycles. The van der Waals surface area contributed by atoms with E-state index in [1.807, 2.05) is 30.3 Å². The van der Waals surface area contributed by atoms with Crippen molar-refractivity contribution in [3.8, 4) is 0 Å². The van der Waals surface area contributed by atoms with Gasteiger partial charge in [-0.25, -0.2) is 18.4 Å². The van der Waals surface area contributed by atoms with Crippen molar-refractivity contribution < 1.29 is 27.8 Å². The summed E-state index contributed by atoms with van der Waals surface area (Å²) in [6.45, 7) is 6.16. The maximum absolute atomic E-state index is 13.9. The van der Waals surface area contributed by atoms with Gasteiger partial charge in [-0.1, -0.05) is 54.6 Å². The van der Waals surface area contributed by atoms with Crippen LogP contribution in [0.1, 0.15) is 49.8 Å². The molecule has 6 nitrogen and oxygen atoms in total. The summed E-state index contributed by atoms with van der Waals surface area (Å²) in [5, 5.41) is 3.00. The van der Waals surface area contributed by atoms with Crippen LogP contribution in [0.25, 0.3) is 0 Å². The van der Waals surface area contributed by atoms with E-state index in [0.717, 1.165) is 16.7 Å². The summed E-state index contributed by atoms with van der Waals surface area (Å²) in [4.78, 5) is 27.5. The maximum atomic E-state index is 13.9. The van der Waals surface area contributed by atoms with Crippen LogP contribution in [0.3, 0.4) is 0 Å². The van der Waals surface area contributed by atoms with E-state index in [-0.39, 0.29) is 42.7 Å². The molecule has 2 atom stereocenters. The van der Waals surface area contributed by atoms with Crippen molar-refractivity contribution in [2.75, 3.05) is 13.1 Å². The van der Waals surface area contributed by atoms with Crippen molar-refractivity contribution in [3.05, 3.63) is 107 Å². The second-order valence-electron chi connectivity index (χ2n) is 10.8. The number of nitrogens with one attached hydrogen (secondary N) is 1. The minimum Gasteiger partial charge on any atom is -0.445 e.